The smallest absolute Gasteiger partial charge is 0.231 e. The van der Waals surface area contributed by atoms with E-state index in [0.29, 0.717) is 6.79 Å². The average molecular weight is 248 g/mol. The van der Waals surface area contributed by atoms with E-state index in [9.17, 15) is 0 Å². The third-order valence-electron chi connectivity index (χ3n) is 3.79. The Morgan fingerprint density at radius 2 is 2.22 bits per heavy atom. The Bertz CT molecular complexity index is 436. The van der Waals surface area contributed by atoms with E-state index in [0.717, 1.165) is 36.1 Å². The zero-order chi connectivity index (χ0) is 12.5. The van der Waals surface area contributed by atoms with Crippen LogP contribution in [0.2, 0.25) is 0 Å². The van der Waals surface area contributed by atoms with Gasteiger partial charge in [0, 0.05) is 19.1 Å². The van der Waals surface area contributed by atoms with Crippen LogP contribution in [0.3, 0.4) is 0 Å². The van der Waals surface area contributed by atoms with Gasteiger partial charge < -0.3 is 20.1 Å². The number of hydrogen-bond donors (Lipinski definition) is 1. The van der Waals surface area contributed by atoms with Gasteiger partial charge in [-0.1, -0.05) is 13.0 Å². The van der Waals surface area contributed by atoms with Crippen molar-refractivity contribution >= 4 is 0 Å². The Morgan fingerprint density at radius 3 is 3.00 bits per heavy atom. The van der Waals surface area contributed by atoms with E-state index in [2.05, 4.69) is 11.8 Å². The van der Waals surface area contributed by atoms with Crippen molar-refractivity contribution in [3.8, 4) is 11.5 Å². The van der Waals surface area contributed by atoms with Crippen molar-refractivity contribution in [2.24, 2.45) is 11.7 Å². The minimum absolute atomic E-state index is 0.0461. The zero-order valence-corrected chi connectivity index (χ0v) is 10.8. The lowest BCUT2D eigenvalue weighted by Gasteiger charge is -2.21. The van der Waals surface area contributed by atoms with Crippen LogP contribution in [0.4, 0.5) is 0 Å². The maximum absolute atomic E-state index is 6.28. The van der Waals surface area contributed by atoms with Crippen LogP contribution in [0.1, 0.15) is 24.9 Å². The van der Waals surface area contributed by atoms with Crippen LogP contribution < -0.4 is 15.2 Å². The van der Waals surface area contributed by atoms with Crippen molar-refractivity contribution in [3.63, 3.8) is 0 Å². The number of likely N-dealkylation sites (tertiary alicyclic amines) is 1. The van der Waals surface area contributed by atoms with Crippen LogP contribution in [0, 0.1) is 5.92 Å². The number of fused-ring (bicyclic) bond motifs is 1. The van der Waals surface area contributed by atoms with E-state index in [-0.39, 0.29) is 6.04 Å². The van der Waals surface area contributed by atoms with E-state index >= 15 is 0 Å². The van der Waals surface area contributed by atoms with E-state index in [4.69, 9.17) is 15.2 Å². The molecule has 2 aliphatic rings. The summed E-state index contributed by atoms with van der Waals surface area (Å²) in [6, 6.07) is 6.04. The normalized spacial score (nSPS) is 24.4. The predicted octanol–water partition coefficient (Wildman–Crippen LogP) is 1.76. The second-order valence-corrected chi connectivity index (χ2v) is 5.37. The van der Waals surface area contributed by atoms with E-state index in [1.54, 1.807) is 0 Å². The van der Waals surface area contributed by atoms with Gasteiger partial charge in [0.25, 0.3) is 0 Å². The van der Waals surface area contributed by atoms with E-state index in [1.807, 2.05) is 18.2 Å². The summed E-state index contributed by atoms with van der Waals surface area (Å²) in [5.41, 5.74) is 7.40. The number of nitrogens with two attached hydrogens (primary N) is 1. The first-order chi connectivity index (χ1) is 8.72. The number of rotatable bonds is 3. The highest BCUT2D eigenvalue weighted by molar-refractivity contribution is 5.45. The fourth-order valence-electron chi connectivity index (χ4n) is 2.72. The second-order valence-electron chi connectivity index (χ2n) is 5.37. The van der Waals surface area contributed by atoms with Gasteiger partial charge in [-0.2, -0.15) is 0 Å². The SMILES string of the molecule is CC1CCN(CC(N)c2ccc3c(c2)OCO3)C1. The Morgan fingerprint density at radius 1 is 1.39 bits per heavy atom. The topological polar surface area (TPSA) is 47.7 Å². The minimum atomic E-state index is 0.0461. The Kier molecular flexibility index (Phi) is 3.14. The minimum Gasteiger partial charge on any atom is -0.454 e. The molecular formula is C14H20N2O2. The molecule has 98 valence electrons. The molecule has 2 N–H and O–H groups in total. The summed E-state index contributed by atoms with van der Waals surface area (Å²) in [7, 11) is 0. The van der Waals surface area contributed by atoms with Crippen LogP contribution in [0.15, 0.2) is 18.2 Å². The van der Waals surface area contributed by atoms with E-state index < -0.39 is 0 Å². The molecule has 0 spiro atoms. The lowest BCUT2D eigenvalue weighted by atomic mass is 10.1. The van der Waals surface area contributed by atoms with Gasteiger partial charge >= 0.3 is 0 Å². The molecule has 1 fully saturated rings. The van der Waals surface area contributed by atoms with Crippen LogP contribution in [-0.2, 0) is 0 Å². The van der Waals surface area contributed by atoms with Crippen LogP contribution >= 0.6 is 0 Å². The van der Waals surface area contributed by atoms with Crippen molar-refractivity contribution in [1.82, 2.24) is 4.90 Å². The second kappa shape index (κ2) is 4.78. The summed E-state index contributed by atoms with van der Waals surface area (Å²) in [6.45, 7) is 5.87. The fraction of sp³-hybridized carbons (Fsp3) is 0.571. The van der Waals surface area contributed by atoms with Crippen LogP contribution in [0.25, 0.3) is 0 Å². The highest BCUT2D eigenvalue weighted by Gasteiger charge is 2.22. The molecule has 1 aromatic carbocycles. The fourth-order valence-corrected chi connectivity index (χ4v) is 2.72. The molecule has 4 nitrogen and oxygen atoms in total. The molecule has 3 rings (SSSR count). The molecule has 0 aliphatic carbocycles. The van der Waals surface area contributed by atoms with Gasteiger partial charge in [0.1, 0.15) is 0 Å². The molecule has 0 saturated carbocycles. The quantitative estimate of drug-likeness (QED) is 0.885. The Balaban J connectivity index is 1.67. The molecule has 2 unspecified atom stereocenters. The van der Waals surface area contributed by atoms with Crippen molar-refractivity contribution in [2.75, 3.05) is 26.4 Å². The van der Waals surface area contributed by atoms with Crippen molar-refractivity contribution in [2.45, 2.75) is 19.4 Å². The number of benzene rings is 1. The number of hydrogen-bond acceptors (Lipinski definition) is 4. The van der Waals surface area contributed by atoms with Crippen molar-refractivity contribution < 1.29 is 9.47 Å². The number of ether oxygens (including phenoxy) is 2. The Labute approximate surface area is 108 Å². The molecule has 18 heavy (non-hydrogen) atoms. The predicted molar refractivity (Wildman–Crippen MR) is 69.7 cm³/mol. The van der Waals surface area contributed by atoms with E-state index in [1.165, 1.54) is 13.0 Å². The first-order valence-corrected chi connectivity index (χ1v) is 6.60. The summed E-state index contributed by atoms with van der Waals surface area (Å²) in [5.74, 6) is 2.44. The van der Waals surface area contributed by atoms with Gasteiger partial charge in [-0.25, -0.2) is 0 Å². The lowest BCUT2D eigenvalue weighted by molar-refractivity contribution is 0.174. The molecule has 0 radical (unpaired) electrons. The van der Waals surface area contributed by atoms with Gasteiger partial charge in [0.15, 0.2) is 11.5 Å². The lowest BCUT2D eigenvalue weighted by Crippen LogP contribution is -2.30. The third kappa shape index (κ3) is 2.31. The van der Waals surface area contributed by atoms with Gasteiger partial charge in [0.2, 0.25) is 6.79 Å². The van der Waals surface area contributed by atoms with Crippen LogP contribution in [0.5, 0.6) is 11.5 Å². The molecule has 2 atom stereocenters. The Hall–Kier alpha value is -1.26. The maximum Gasteiger partial charge on any atom is 0.231 e. The van der Waals surface area contributed by atoms with Gasteiger partial charge in [0.05, 0.1) is 0 Å². The zero-order valence-electron chi connectivity index (χ0n) is 10.8. The summed E-state index contributed by atoms with van der Waals surface area (Å²) < 4.78 is 10.7. The molecule has 0 amide bonds. The molecule has 2 heterocycles. The molecule has 4 heteroatoms. The molecule has 0 aromatic heterocycles. The molecule has 2 aliphatic heterocycles. The molecule has 0 bridgehead atoms. The average Bonchev–Trinajstić information content (AvgIpc) is 2.96. The van der Waals surface area contributed by atoms with Gasteiger partial charge in [-0.3, -0.25) is 0 Å². The summed E-state index contributed by atoms with van der Waals surface area (Å²) in [5, 5.41) is 0. The summed E-state index contributed by atoms with van der Waals surface area (Å²) >= 11 is 0. The van der Waals surface area contributed by atoms with Crippen molar-refractivity contribution in [3.05, 3.63) is 23.8 Å². The largest absolute Gasteiger partial charge is 0.454 e. The highest BCUT2D eigenvalue weighted by atomic mass is 16.7. The van der Waals surface area contributed by atoms with Gasteiger partial charge in [-0.05, 0) is 36.6 Å². The van der Waals surface area contributed by atoms with Crippen LogP contribution in [-0.4, -0.2) is 31.3 Å². The first-order valence-electron chi connectivity index (χ1n) is 6.60. The molecular weight excluding hydrogens is 228 g/mol. The number of nitrogens with zero attached hydrogens (tertiary/aromatic N) is 1. The summed E-state index contributed by atoms with van der Waals surface area (Å²) in [6.07, 6.45) is 1.29. The summed E-state index contributed by atoms with van der Waals surface area (Å²) in [4.78, 5) is 2.44. The van der Waals surface area contributed by atoms with Gasteiger partial charge in [-0.15, -0.1) is 0 Å². The third-order valence-corrected chi connectivity index (χ3v) is 3.79. The highest BCUT2D eigenvalue weighted by Crippen LogP contribution is 2.34. The molecule has 1 saturated heterocycles. The maximum atomic E-state index is 6.28. The van der Waals surface area contributed by atoms with Crippen molar-refractivity contribution in [1.29, 1.82) is 0 Å². The molecule has 1 aromatic rings. The monoisotopic (exact) mass is 248 g/mol. The standard InChI is InChI=1S/C14H20N2O2/c1-10-4-5-16(7-10)8-12(15)11-2-3-13-14(6-11)18-9-17-13/h2-3,6,10,12H,4-5,7-9,15H2,1H3. The first kappa shape index (κ1) is 11.8.